The zero-order valence-electron chi connectivity index (χ0n) is 11.0. The van der Waals surface area contributed by atoms with Crippen LogP contribution in [0.25, 0.3) is 0 Å². The van der Waals surface area contributed by atoms with Gasteiger partial charge in [0, 0.05) is 18.6 Å². The third-order valence-corrected chi connectivity index (χ3v) is 3.42. The van der Waals surface area contributed by atoms with Crippen molar-refractivity contribution in [2.45, 2.75) is 13.5 Å². The van der Waals surface area contributed by atoms with Gasteiger partial charge in [0.25, 0.3) is 0 Å². The van der Waals surface area contributed by atoms with E-state index in [1.54, 1.807) is 0 Å². The first-order valence-electron chi connectivity index (χ1n) is 6.07. The van der Waals surface area contributed by atoms with Crippen LogP contribution >= 0.6 is 11.6 Å². The van der Waals surface area contributed by atoms with E-state index in [4.69, 9.17) is 11.6 Å². The number of anilines is 1. The van der Waals surface area contributed by atoms with Crippen LogP contribution in [0.4, 0.5) is 5.69 Å². The maximum atomic E-state index is 9.18. The lowest BCUT2D eigenvalue weighted by molar-refractivity contribution is 0.920. The molecule has 2 aromatic carbocycles. The quantitative estimate of drug-likeness (QED) is 0.837. The molecule has 3 heteroatoms. The van der Waals surface area contributed by atoms with Crippen molar-refractivity contribution in [2.24, 2.45) is 0 Å². The molecule has 0 heterocycles. The maximum absolute atomic E-state index is 9.18. The first-order chi connectivity index (χ1) is 9.11. The number of halogens is 1. The van der Waals surface area contributed by atoms with E-state index in [0.29, 0.717) is 12.1 Å². The largest absolute Gasteiger partial charge is 0.369 e. The molecular weight excluding hydrogens is 256 g/mol. The highest BCUT2D eigenvalue weighted by atomic mass is 35.5. The minimum absolute atomic E-state index is 0.678. The van der Waals surface area contributed by atoms with Crippen LogP contribution in [0.1, 0.15) is 16.7 Å². The summed E-state index contributed by atoms with van der Waals surface area (Å²) in [6.45, 7) is 2.70. The molecule has 2 rings (SSSR count). The zero-order chi connectivity index (χ0) is 13.8. The molecular formula is C16H15ClN2. The average Bonchev–Trinajstić information content (AvgIpc) is 2.41. The lowest BCUT2D eigenvalue weighted by Crippen LogP contribution is -2.18. The molecule has 0 aliphatic carbocycles. The highest BCUT2D eigenvalue weighted by Crippen LogP contribution is 2.24. The minimum Gasteiger partial charge on any atom is -0.369 e. The number of nitrogens with zero attached hydrogens (tertiary/aromatic N) is 2. The van der Waals surface area contributed by atoms with Crippen LogP contribution in [-0.4, -0.2) is 7.05 Å². The van der Waals surface area contributed by atoms with Gasteiger partial charge in [0.15, 0.2) is 0 Å². The summed E-state index contributed by atoms with van der Waals surface area (Å²) in [5.74, 6) is 0. The summed E-state index contributed by atoms with van der Waals surface area (Å²) in [6.07, 6.45) is 0. The van der Waals surface area contributed by atoms with Crippen LogP contribution in [0.2, 0.25) is 5.02 Å². The predicted molar refractivity (Wildman–Crippen MR) is 79.5 cm³/mol. The standard InChI is InChI=1S/C16H15ClN2/c1-12-7-8-13(10-18)16(9-12)19(2)11-14-5-3-4-6-15(14)17/h3-9H,11H2,1-2H3. The average molecular weight is 271 g/mol. The summed E-state index contributed by atoms with van der Waals surface area (Å²) < 4.78 is 0. The summed E-state index contributed by atoms with van der Waals surface area (Å²) in [4.78, 5) is 2.05. The van der Waals surface area contributed by atoms with Crippen LogP contribution in [0.5, 0.6) is 0 Å². The zero-order valence-corrected chi connectivity index (χ0v) is 11.8. The Hall–Kier alpha value is -1.98. The first kappa shape index (κ1) is 13.5. The SMILES string of the molecule is Cc1ccc(C#N)c(N(C)Cc2ccccc2Cl)c1. The molecule has 2 aromatic rings. The topological polar surface area (TPSA) is 27.0 Å². The Balaban J connectivity index is 2.30. The molecule has 0 spiro atoms. The van der Waals surface area contributed by atoms with Crippen LogP contribution in [0.15, 0.2) is 42.5 Å². The minimum atomic E-state index is 0.678. The highest BCUT2D eigenvalue weighted by Gasteiger charge is 2.09. The van der Waals surface area contributed by atoms with E-state index < -0.39 is 0 Å². The van der Waals surface area contributed by atoms with Gasteiger partial charge in [-0.15, -0.1) is 0 Å². The number of aryl methyl sites for hydroxylation is 1. The van der Waals surface area contributed by atoms with Gasteiger partial charge < -0.3 is 4.90 Å². The molecule has 96 valence electrons. The number of rotatable bonds is 3. The fourth-order valence-corrected chi connectivity index (χ4v) is 2.21. The van der Waals surface area contributed by atoms with Crippen molar-refractivity contribution in [3.63, 3.8) is 0 Å². The molecule has 2 nitrogen and oxygen atoms in total. The Morgan fingerprint density at radius 2 is 1.95 bits per heavy atom. The third-order valence-electron chi connectivity index (χ3n) is 3.05. The molecule has 0 saturated carbocycles. The van der Waals surface area contributed by atoms with Gasteiger partial charge in [0.2, 0.25) is 0 Å². The van der Waals surface area contributed by atoms with Crippen molar-refractivity contribution in [3.05, 3.63) is 64.2 Å². The van der Waals surface area contributed by atoms with Gasteiger partial charge in [-0.1, -0.05) is 35.9 Å². The van der Waals surface area contributed by atoms with Gasteiger partial charge >= 0.3 is 0 Å². The van der Waals surface area contributed by atoms with Gasteiger partial charge in [-0.2, -0.15) is 5.26 Å². The van der Waals surface area contributed by atoms with Crippen LogP contribution in [0, 0.1) is 18.3 Å². The molecule has 0 aromatic heterocycles. The Morgan fingerprint density at radius 3 is 2.63 bits per heavy atom. The molecule has 0 fully saturated rings. The molecule has 0 saturated heterocycles. The Bertz CT molecular complexity index is 629. The third kappa shape index (κ3) is 3.07. The van der Waals surface area contributed by atoms with E-state index in [1.165, 1.54) is 0 Å². The van der Waals surface area contributed by atoms with Gasteiger partial charge in [0.05, 0.1) is 11.3 Å². The van der Waals surface area contributed by atoms with Gasteiger partial charge in [-0.3, -0.25) is 0 Å². The van der Waals surface area contributed by atoms with Gasteiger partial charge in [-0.25, -0.2) is 0 Å². The van der Waals surface area contributed by atoms with Gasteiger partial charge in [-0.05, 0) is 36.2 Å². The normalized spacial score (nSPS) is 10.0. The predicted octanol–water partition coefficient (Wildman–Crippen LogP) is 4.16. The van der Waals surface area contributed by atoms with E-state index in [2.05, 4.69) is 6.07 Å². The van der Waals surface area contributed by atoms with Crippen molar-refractivity contribution in [3.8, 4) is 6.07 Å². The lowest BCUT2D eigenvalue weighted by atomic mass is 10.1. The van der Waals surface area contributed by atoms with Crippen LogP contribution < -0.4 is 4.90 Å². The molecule has 0 amide bonds. The molecule has 0 aliphatic heterocycles. The monoisotopic (exact) mass is 270 g/mol. The summed E-state index contributed by atoms with van der Waals surface area (Å²) in [5, 5.41) is 9.93. The molecule has 0 unspecified atom stereocenters. The van der Waals surface area contributed by atoms with Crippen LogP contribution in [-0.2, 0) is 6.54 Å². The molecule has 19 heavy (non-hydrogen) atoms. The van der Waals surface area contributed by atoms with E-state index in [-0.39, 0.29) is 0 Å². The number of hydrogen-bond donors (Lipinski definition) is 0. The molecule has 0 bridgehead atoms. The summed E-state index contributed by atoms with van der Waals surface area (Å²) in [5.41, 5.74) is 3.81. The molecule has 0 atom stereocenters. The van der Waals surface area contributed by atoms with Crippen LogP contribution in [0.3, 0.4) is 0 Å². The second-order valence-electron chi connectivity index (χ2n) is 4.58. The number of nitriles is 1. The summed E-state index contributed by atoms with van der Waals surface area (Å²) in [6, 6.07) is 15.8. The van der Waals surface area contributed by atoms with E-state index in [1.807, 2.05) is 61.3 Å². The van der Waals surface area contributed by atoms with E-state index in [0.717, 1.165) is 21.8 Å². The Labute approximate surface area is 118 Å². The number of hydrogen-bond acceptors (Lipinski definition) is 2. The van der Waals surface area contributed by atoms with Crippen molar-refractivity contribution >= 4 is 17.3 Å². The molecule has 0 aliphatic rings. The second-order valence-corrected chi connectivity index (χ2v) is 4.99. The smallest absolute Gasteiger partial charge is 0.101 e. The number of benzene rings is 2. The first-order valence-corrected chi connectivity index (χ1v) is 6.45. The molecule has 0 radical (unpaired) electrons. The Morgan fingerprint density at radius 1 is 1.21 bits per heavy atom. The van der Waals surface area contributed by atoms with Crippen molar-refractivity contribution in [1.82, 2.24) is 0 Å². The van der Waals surface area contributed by atoms with Crippen molar-refractivity contribution < 1.29 is 0 Å². The summed E-state index contributed by atoms with van der Waals surface area (Å²) in [7, 11) is 1.97. The highest BCUT2D eigenvalue weighted by molar-refractivity contribution is 6.31. The second kappa shape index (κ2) is 5.77. The lowest BCUT2D eigenvalue weighted by Gasteiger charge is -2.21. The fourth-order valence-electron chi connectivity index (χ4n) is 2.02. The van der Waals surface area contributed by atoms with Crippen molar-refractivity contribution in [1.29, 1.82) is 5.26 Å². The summed E-state index contributed by atoms with van der Waals surface area (Å²) >= 11 is 6.17. The fraction of sp³-hybridized carbons (Fsp3) is 0.188. The van der Waals surface area contributed by atoms with E-state index in [9.17, 15) is 5.26 Å². The van der Waals surface area contributed by atoms with Crippen molar-refractivity contribution in [2.75, 3.05) is 11.9 Å². The molecule has 0 N–H and O–H groups in total. The maximum Gasteiger partial charge on any atom is 0.101 e. The van der Waals surface area contributed by atoms with Gasteiger partial charge in [0.1, 0.15) is 6.07 Å². The van der Waals surface area contributed by atoms with E-state index >= 15 is 0 Å². The Kier molecular flexibility index (Phi) is 4.09.